The molecule has 1 aromatic heterocycles. The lowest BCUT2D eigenvalue weighted by Crippen LogP contribution is -2.02. The molecule has 0 saturated heterocycles. The maximum absolute atomic E-state index is 10.6. The fraction of sp³-hybridized carbons (Fsp3) is 0.167. The van der Waals surface area contributed by atoms with Crippen LogP contribution in [0, 0.1) is 0 Å². The highest BCUT2D eigenvalue weighted by molar-refractivity contribution is 7.09. The molecule has 0 aliphatic carbocycles. The Morgan fingerprint density at radius 3 is 2.76 bits per heavy atom. The van der Waals surface area contributed by atoms with Gasteiger partial charge in [-0.1, -0.05) is 18.2 Å². The van der Waals surface area contributed by atoms with Crippen LogP contribution in [0.3, 0.4) is 0 Å². The van der Waals surface area contributed by atoms with E-state index in [0.717, 1.165) is 10.8 Å². The molecule has 0 aliphatic rings. The minimum Gasteiger partial charge on any atom is -0.493 e. The monoisotopic (exact) mass is 249 g/mol. The number of carbonyl (C=O) groups is 1. The molecule has 17 heavy (non-hydrogen) atoms. The molecule has 0 spiro atoms. The molecule has 0 saturated carbocycles. The van der Waals surface area contributed by atoms with Crippen molar-refractivity contribution in [3.05, 3.63) is 46.4 Å². The van der Waals surface area contributed by atoms with Crippen LogP contribution in [0.15, 0.2) is 35.7 Å². The van der Waals surface area contributed by atoms with Gasteiger partial charge in [0.2, 0.25) is 0 Å². The van der Waals surface area contributed by atoms with Gasteiger partial charge in [-0.05, 0) is 12.1 Å². The highest BCUT2D eigenvalue weighted by Crippen LogP contribution is 2.12. The van der Waals surface area contributed by atoms with Crippen molar-refractivity contribution in [3.8, 4) is 5.75 Å². The molecule has 0 radical (unpaired) electrons. The molecule has 2 aromatic rings. The lowest BCUT2D eigenvalue weighted by atomic mass is 10.3. The van der Waals surface area contributed by atoms with Gasteiger partial charge in [0.05, 0.1) is 11.6 Å². The SMILES string of the molecule is O=C(O)c1csc(CCOc2ccccc2)n1. The second-order valence-electron chi connectivity index (χ2n) is 3.34. The highest BCUT2D eigenvalue weighted by Gasteiger charge is 2.08. The number of aromatic nitrogens is 1. The van der Waals surface area contributed by atoms with Crippen molar-refractivity contribution in [2.24, 2.45) is 0 Å². The van der Waals surface area contributed by atoms with E-state index < -0.39 is 5.97 Å². The average molecular weight is 249 g/mol. The lowest BCUT2D eigenvalue weighted by molar-refractivity contribution is 0.0691. The number of benzene rings is 1. The summed E-state index contributed by atoms with van der Waals surface area (Å²) in [6.45, 7) is 0.497. The summed E-state index contributed by atoms with van der Waals surface area (Å²) < 4.78 is 5.50. The lowest BCUT2D eigenvalue weighted by Gasteiger charge is -2.03. The summed E-state index contributed by atoms with van der Waals surface area (Å²) in [5.41, 5.74) is 0.102. The third-order valence-electron chi connectivity index (χ3n) is 2.10. The Morgan fingerprint density at radius 1 is 1.35 bits per heavy atom. The number of rotatable bonds is 5. The maximum Gasteiger partial charge on any atom is 0.355 e. The summed E-state index contributed by atoms with van der Waals surface area (Å²) >= 11 is 1.34. The van der Waals surface area contributed by atoms with Crippen molar-refractivity contribution in [1.82, 2.24) is 4.98 Å². The summed E-state index contributed by atoms with van der Waals surface area (Å²) in [6.07, 6.45) is 0.618. The second kappa shape index (κ2) is 5.45. The largest absolute Gasteiger partial charge is 0.493 e. The quantitative estimate of drug-likeness (QED) is 0.884. The van der Waals surface area contributed by atoms with E-state index >= 15 is 0 Å². The molecule has 0 aliphatic heterocycles. The number of carboxylic acids is 1. The fourth-order valence-corrected chi connectivity index (χ4v) is 2.05. The molecular weight excluding hydrogens is 238 g/mol. The Bertz CT molecular complexity index is 495. The van der Waals surface area contributed by atoms with Gasteiger partial charge in [-0.2, -0.15) is 0 Å². The van der Waals surface area contributed by atoms with E-state index in [9.17, 15) is 4.79 Å². The summed E-state index contributed by atoms with van der Waals surface area (Å²) in [6, 6.07) is 9.49. The van der Waals surface area contributed by atoms with E-state index in [1.54, 1.807) is 5.38 Å². The molecule has 0 fully saturated rings. The molecule has 0 atom stereocenters. The van der Waals surface area contributed by atoms with Crippen molar-refractivity contribution in [2.75, 3.05) is 6.61 Å². The van der Waals surface area contributed by atoms with E-state index in [2.05, 4.69) is 4.98 Å². The van der Waals surface area contributed by atoms with Gasteiger partial charge >= 0.3 is 5.97 Å². The zero-order valence-electron chi connectivity index (χ0n) is 9.00. The predicted octanol–water partition coefficient (Wildman–Crippen LogP) is 2.46. The number of thiazole rings is 1. The summed E-state index contributed by atoms with van der Waals surface area (Å²) in [7, 11) is 0. The van der Waals surface area contributed by atoms with Crippen molar-refractivity contribution in [2.45, 2.75) is 6.42 Å². The Kier molecular flexibility index (Phi) is 3.72. The fourth-order valence-electron chi connectivity index (χ4n) is 1.30. The van der Waals surface area contributed by atoms with Crippen LogP contribution in [-0.4, -0.2) is 22.7 Å². The number of nitrogens with zero attached hydrogens (tertiary/aromatic N) is 1. The van der Waals surface area contributed by atoms with E-state index in [1.165, 1.54) is 11.3 Å². The number of carboxylic acid groups (broad SMARTS) is 1. The molecule has 88 valence electrons. The Labute approximate surface area is 103 Å². The van der Waals surface area contributed by atoms with Crippen molar-refractivity contribution in [3.63, 3.8) is 0 Å². The first-order chi connectivity index (χ1) is 8.25. The molecule has 5 heteroatoms. The van der Waals surface area contributed by atoms with E-state index in [-0.39, 0.29) is 5.69 Å². The van der Waals surface area contributed by atoms with Gasteiger partial charge < -0.3 is 9.84 Å². The zero-order chi connectivity index (χ0) is 12.1. The first kappa shape index (κ1) is 11.6. The number of aromatic carboxylic acids is 1. The third-order valence-corrected chi connectivity index (χ3v) is 3.01. The molecule has 1 aromatic carbocycles. The van der Waals surface area contributed by atoms with E-state index in [4.69, 9.17) is 9.84 Å². The van der Waals surface area contributed by atoms with Gasteiger partial charge in [-0.15, -0.1) is 11.3 Å². The second-order valence-corrected chi connectivity index (χ2v) is 4.29. The summed E-state index contributed by atoms with van der Waals surface area (Å²) in [5.74, 6) is -0.181. The van der Waals surface area contributed by atoms with Gasteiger partial charge in [0.15, 0.2) is 5.69 Å². The van der Waals surface area contributed by atoms with Crippen molar-refractivity contribution < 1.29 is 14.6 Å². The van der Waals surface area contributed by atoms with Crippen LogP contribution in [0.1, 0.15) is 15.5 Å². The summed E-state index contributed by atoms with van der Waals surface area (Å²) in [5, 5.41) is 11.0. The van der Waals surface area contributed by atoms with Crippen LogP contribution in [0.25, 0.3) is 0 Å². The molecule has 1 N–H and O–H groups in total. The summed E-state index contributed by atoms with van der Waals surface area (Å²) in [4.78, 5) is 14.6. The van der Waals surface area contributed by atoms with Gasteiger partial charge in [0, 0.05) is 11.8 Å². The zero-order valence-corrected chi connectivity index (χ0v) is 9.81. The van der Waals surface area contributed by atoms with Crippen LogP contribution in [0.4, 0.5) is 0 Å². The van der Waals surface area contributed by atoms with Gasteiger partial charge in [-0.25, -0.2) is 9.78 Å². The van der Waals surface area contributed by atoms with Crippen LogP contribution in [0.2, 0.25) is 0 Å². The molecule has 2 rings (SSSR count). The number of hydrogen-bond donors (Lipinski definition) is 1. The first-order valence-electron chi connectivity index (χ1n) is 5.11. The molecular formula is C12H11NO3S. The molecule has 1 heterocycles. The number of ether oxygens (including phenoxy) is 1. The van der Waals surface area contributed by atoms with Crippen LogP contribution < -0.4 is 4.74 Å². The molecule has 0 amide bonds. The van der Waals surface area contributed by atoms with Crippen LogP contribution in [0.5, 0.6) is 5.75 Å². The number of para-hydroxylation sites is 1. The van der Waals surface area contributed by atoms with Gasteiger partial charge in [0.1, 0.15) is 5.75 Å². The predicted molar refractivity (Wildman–Crippen MR) is 64.7 cm³/mol. The van der Waals surface area contributed by atoms with Gasteiger partial charge in [0.25, 0.3) is 0 Å². The molecule has 0 bridgehead atoms. The topological polar surface area (TPSA) is 59.4 Å². The minimum absolute atomic E-state index is 0.102. The highest BCUT2D eigenvalue weighted by atomic mass is 32.1. The normalized spacial score (nSPS) is 10.1. The van der Waals surface area contributed by atoms with E-state index in [0.29, 0.717) is 13.0 Å². The average Bonchev–Trinajstić information content (AvgIpc) is 2.79. The van der Waals surface area contributed by atoms with Crippen LogP contribution in [-0.2, 0) is 6.42 Å². The van der Waals surface area contributed by atoms with Crippen LogP contribution >= 0.6 is 11.3 Å². The molecule has 4 nitrogen and oxygen atoms in total. The first-order valence-corrected chi connectivity index (χ1v) is 5.99. The smallest absolute Gasteiger partial charge is 0.355 e. The van der Waals surface area contributed by atoms with Crippen molar-refractivity contribution >= 4 is 17.3 Å². The van der Waals surface area contributed by atoms with Crippen molar-refractivity contribution in [1.29, 1.82) is 0 Å². The maximum atomic E-state index is 10.6. The van der Waals surface area contributed by atoms with E-state index in [1.807, 2.05) is 30.3 Å². The Balaban J connectivity index is 1.84. The standard InChI is InChI=1S/C12H11NO3S/c14-12(15)10-8-17-11(13-10)6-7-16-9-4-2-1-3-5-9/h1-5,8H,6-7H2,(H,14,15). The van der Waals surface area contributed by atoms with Gasteiger partial charge in [-0.3, -0.25) is 0 Å². The Hall–Kier alpha value is -1.88. The Morgan fingerprint density at radius 2 is 2.12 bits per heavy atom. The minimum atomic E-state index is -0.989. The number of hydrogen-bond acceptors (Lipinski definition) is 4. The molecule has 0 unspecified atom stereocenters. The third kappa shape index (κ3) is 3.29.